The summed E-state index contributed by atoms with van der Waals surface area (Å²) >= 11 is 3.32. The number of esters is 1. The number of halogens is 1. The molecule has 0 aromatic heterocycles. The van der Waals surface area contributed by atoms with Crippen molar-refractivity contribution in [1.82, 2.24) is 0 Å². The molecule has 2 rings (SSSR count). The average Bonchev–Trinajstić information content (AvgIpc) is 2.61. The van der Waals surface area contributed by atoms with E-state index in [0.717, 1.165) is 4.47 Å². The van der Waals surface area contributed by atoms with Gasteiger partial charge in [0.1, 0.15) is 0 Å². The van der Waals surface area contributed by atoms with E-state index in [9.17, 15) is 13.8 Å². The first kappa shape index (κ1) is 18.4. The van der Waals surface area contributed by atoms with E-state index in [1.165, 1.54) is 6.07 Å². The van der Waals surface area contributed by atoms with Crippen molar-refractivity contribution in [3.8, 4) is 0 Å². The van der Waals surface area contributed by atoms with Crippen LogP contribution in [0.1, 0.15) is 17.3 Å². The number of amides is 1. The standard InChI is InChI=1S/C17H16BrNO4S/c1-2-24(22)15-10-6-3-7-12(15)17(21)23-11-16(20)19-14-9-5-4-8-13(14)18/h3-10H,2,11H2,1H3,(H,19,20)/t24-/m1/s1. The molecule has 0 bridgehead atoms. The normalized spacial score (nSPS) is 11.6. The number of carbonyl (C=O) groups is 2. The minimum Gasteiger partial charge on any atom is -0.452 e. The Balaban J connectivity index is 2.00. The summed E-state index contributed by atoms with van der Waals surface area (Å²) in [4.78, 5) is 24.5. The van der Waals surface area contributed by atoms with Crippen LogP contribution in [0.4, 0.5) is 5.69 Å². The number of hydrogen-bond acceptors (Lipinski definition) is 4. The molecule has 0 fully saturated rings. The van der Waals surface area contributed by atoms with Gasteiger partial charge in [-0.1, -0.05) is 31.2 Å². The summed E-state index contributed by atoms with van der Waals surface area (Å²) in [5.41, 5.74) is 0.803. The number of benzene rings is 2. The van der Waals surface area contributed by atoms with E-state index in [-0.39, 0.29) is 5.56 Å². The summed E-state index contributed by atoms with van der Waals surface area (Å²) in [7, 11) is -1.28. The van der Waals surface area contributed by atoms with Crippen LogP contribution in [0, 0.1) is 0 Å². The lowest BCUT2D eigenvalue weighted by atomic mass is 10.2. The third-order valence-electron chi connectivity index (χ3n) is 3.10. The largest absolute Gasteiger partial charge is 0.452 e. The van der Waals surface area contributed by atoms with E-state index in [2.05, 4.69) is 21.2 Å². The predicted octanol–water partition coefficient (Wildman–Crippen LogP) is 3.37. The van der Waals surface area contributed by atoms with Crippen molar-refractivity contribution in [2.24, 2.45) is 0 Å². The lowest BCUT2D eigenvalue weighted by molar-refractivity contribution is -0.119. The van der Waals surface area contributed by atoms with Gasteiger partial charge in [0.2, 0.25) is 0 Å². The number of para-hydroxylation sites is 1. The highest BCUT2D eigenvalue weighted by molar-refractivity contribution is 9.10. The fourth-order valence-corrected chi connectivity index (χ4v) is 3.27. The van der Waals surface area contributed by atoms with Crippen LogP contribution >= 0.6 is 15.9 Å². The zero-order valence-electron chi connectivity index (χ0n) is 13.0. The van der Waals surface area contributed by atoms with Crippen LogP contribution < -0.4 is 5.32 Å². The van der Waals surface area contributed by atoms with Gasteiger partial charge in [-0.3, -0.25) is 9.00 Å². The van der Waals surface area contributed by atoms with Gasteiger partial charge in [-0.2, -0.15) is 0 Å². The van der Waals surface area contributed by atoms with Gasteiger partial charge < -0.3 is 10.1 Å². The highest BCUT2D eigenvalue weighted by Crippen LogP contribution is 2.21. The number of carbonyl (C=O) groups excluding carboxylic acids is 2. The summed E-state index contributed by atoms with van der Waals surface area (Å²) in [6.45, 7) is 1.34. The van der Waals surface area contributed by atoms with E-state index in [4.69, 9.17) is 4.74 Å². The van der Waals surface area contributed by atoms with Crippen molar-refractivity contribution >= 4 is 44.3 Å². The number of nitrogens with one attached hydrogen (secondary N) is 1. The molecule has 2 aromatic rings. The van der Waals surface area contributed by atoms with E-state index in [1.807, 2.05) is 6.07 Å². The van der Waals surface area contributed by atoms with E-state index in [0.29, 0.717) is 16.3 Å². The molecule has 5 nitrogen and oxygen atoms in total. The maximum Gasteiger partial charge on any atom is 0.339 e. The summed E-state index contributed by atoms with van der Waals surface area (Å²) in [5.74, 6) is -0.730. The summed E-state index contributed by atoms with van der Waals surface area (Å²) in [6.07, 6.45) is 0. The van der Waals surface area contributed by atoms with E-state index < -0.39 is 29.3 Å². The van der Waals surface area contributed by atoms with Crippen molar-refractivity contribution in [2.45, 2.75) is 11.8 Å². The first-order valence-corrected chi connectivity index (χ1v) is 9.33. The molecule has 0 heterocycles. The fraction of sp³-hybridized carbons (Fsp3) is 0.176. The van der Waals surface area contributed by atoms with Crippen LogP contribution in [0.2, 0.25) is 0 Å². The summed E-state index contributed by atoms with van der Waals surface area (Å²) in [6, 6.07) is 13.6. The van der Waals surface area contributed by atoms with Gasteiger partial charge in [0.15, 0.2) is 6.61 Å². The second kappa shape index (κ2) is 8.75. The molecule has 7 heteroatoms. The second-order valence-electron chi connectivity index (χ2n) is 4.73. The first-order chi connectivity index (χ1) is 11.5. The Morgan fingerprint density at radius 1 is 1.12 bits per heavy atom. The molecule has 0 unspecified atom stereocenters. The molecule has 0 radical (unpaired) electrons. The molecule has 1 atom stereocenters. The Bertz CT molecular complexity index is 779. The molecule has 24 heavy (non-hydrogen) atoms. The van der Waals surface area contributed by atoms with Crippen LogP contribution in [-0.4, -0.2) is 28.4 Å². The smallest absolute Gasteiger partial charge is 0.339 e. The quantitative estimate of drug-likeness (QED) is 0.742. The molecular weight excluding hydrogens is 394 g/mol. The van der Waals surface area contributed by atoms with Gasteiger partial charge in [-0.25, -0.2) is 4.79 Å². The van der Waals surface area contributed by atoms with E-state index in [1.54, 1.807) is 43.3 Å². The second-order valence-corrected chi connectivity index (χ2v) is 7.30. The number of ether oxygens (including phenoxy) is 1. The topological polar surface area (TPSA) is 72.5 Å². The van der Waals surface area contributed by atoms with Crippen LogP contribution in [-0.2, 0) is 20.3 Å². The van der Waals surface area contributed by atoms with Crippen LogP contribution in [0.5, 0.6) is 0 Å². The van der Waals surface area contributed by atoms with Crippen molar-refractivity contribution < 1.29 is 18.5 Å². The van der Waals surface area contributed by atoms with Gasteiger partial charge >= 0.3 is 5.97 Å². The Kier molecular flexibility index (Phi) is 6.69. The molecule has 0 aliphatic rings. The third-order valence-corrected chi connectivity index (χ3v) is 5.16. The van der Waals surface area contributed by atoms with Crippen LogP contribution in [0.3, 0.4) is 0 Å². The molecule has 0 aliphatic heterocycles. The molecular formula is C17H16BrNO4S. The molecule has 2 aromatic carbocycles. The molecule has 126 valence electrons. The third kappa shape index (κ3) is 4.75. The predicted molar refractivity (Wildman–Crippen MR) is 96.4 cm³/mol. The minimum atomic E-state index is -1.28. The lowest BCUT2D eigenvalue weighted by Crippen LogP contribution is -2.21. The highest BCUT2D eigenvalue weighted by Gasteiger charge is 2.17. The Morgan fingerprint density at radius 2 is 1.79 bits per heavy atom. The maximum absolute atomic E-state index is 12.2. The molecule has 1 amide bonds. The maximum atomic E-state index is 12.2. The lowest BCUT2D eigenvalue weighted by Gasteiger charge is -2.10. The van der Waals surface area contributed by atoms with Crippen molar-refractivity contribution in [3.05, 3.63) is 58.6 Å². The number of rotatable bonds is 6. The molecule has 0 saturated carbocycles. The molecule has 0 spiro atoms. The van der Waals surface area contributed by atoms with Crippen molar-refractivity contribution in [3.63, 3.8) is 0 Å². The van der Waals surface area contributed by atoms with Crippen molar-refractivity contribution in [2.75, 3.05) is 17.7 Å². The molecule has 0 aliphatic carbocycles. The zero-order valence-corrected chi connectivity index (χ0v) is 15.4. The first-order valence-electron chi connectivity index (χ1n) is 7.21. The fourth-order valence-electron chi connectivity index (χ4n) is 1.95. The average molecular weight is 410 g/mol. The Hall–Kier alpha value is -1.99. The van der Waals surface area contributed by atoms with Gasteiger partial charge in [-0.05, 0) is 40.2 Å². The van der Waals surface area contributed by atoms with E-state index >= 15 is 0 Å². The molecule has 1 N–H and O–H groups in total. The van der Waals surface area contributed by atoms with Crippen LogP contribution in [0.15, 0.2) is 57.9 Å². The Morgan fingerprint density at radius 3 is 2.50 bits per heavy atom. The van der Waals surface area contributed by atoms with Crippen molar-refractivity contribution in [1.29, 1.82) is 0 Å². The highest BCUT2D eigenvalue weighted by atomic mass is 79.9. The minimum absolute atomic E-state index is 0.214. The van der Waals surface area contributed by atoms with Gasteiger partial charge in [0.05, 0.1) is 26.9 Å². The SMILES string of the molecule is CC[S@@](=O)c1ccccc1C(=O)OCC(=O)Nc1ccccc1Br. The monoisotopic (exact) mass is 409 g/mol. The van der Waals surface area contributed by atoms with Gasteiger partial charge in [0.25, 0.3) is 5.91 Å². The van der Waals surface area contributed by atoms with Gasteiger partial charge in [0, 0.05) is 10.2 Å². The number of hydrogen-bond donors (Lipinski definition) is 1. The van der Waals surface area contributed by atoms with Crippen LogP contribution in [0.25, 0.3) is 0 Å². The summed E-state index contributed by atoms with van der Waals surface area (Å²) < 4.78 is 17.7. The number of anilines is 1. The molecule has 0 saturated heterocycles. The summed E-state index contributed by atoms with van der Waals surface area (Å²) in [5, 5.41) is 2.64. The Labute approximate surface area is 151 Å². The van der Waals surface area contributed by atoms with Gasteiger partial charge in [-0.15, -0.1) is 0 Å². The zero-order chi connectivity index (χ0) is 17.5.